The van der Waals surface area contributed by atoms with E-state index in [2.05, 4.69) is 10.0 Å². The Morgan fingerprint density at radius 3 is 2.41 bits per heavy atom. The van der Waals surface area contributed by atoms with E-state index < -0.39 is 10.0 Å². The van der Waals surface area contributed by atoms with Crippen LogP contribution in [-0.4, -0.2) is 39.4 Å². The van der Waals surface area contributed by atoms with Crippen LogP contribution in [0.25, 0.3) is 0 Å². The van der Waals surface area contributed by atoms with Crippen LogP contribution in [0.1, 0.15) is 36.5 Å². The van der Waals surface area contributed by atoms with Crippen molar-refractivity contribution in [3.05, 3.63) is 54.1 Å². The molecule has 0 bridgehead atoms. The first kappa shape index (κ1) is 21.1. The lowest BCUT2D eigenvalue weighted by molar-refractivity contribution is 0.0679. The van der Waals surface area contributed by atoms with E-state index in [1.807, 2.05) is 0 Å². The van der Waals surface area contributed by atoms with Gasteiger partial charge in [0.2, 0.25) is 10.0 Å². The van der Waals surface area contributed by atoms with Gasteiger partial charge in [-0.15, -0.1) is 0 Å². The lowest BCUT2D eigenvalue weighted by atomic mass is 10.2. The second kappa shape index (κ2) is 9.76. The van der Waals surface area contributed by atoms with Gasteiger partial charge in [0, 0.05) is 23.5 Å². The number of carbonyl (C=O) groups excluding carboxylic acids is 1. The molecule has 0 radical (unpaired) electrons. The molecule has 0 aromatic heterocycles. The minimum atomic E-state index is -3.34. The predicted molar refractivity (Wildman–Crippen MR) is 113 cm³/mol. The van der Waals surface area contributed by atoms with Gasteiger partial charge in [-0.25, -0.2) is 8.42 Å². The van der Waals surface area contributed by atoms with Gasteiger partial charge in [-0.1, -0.05) is 6.92 Å². The van der Waals surface area contributed by atoms with Crippen molar-refractivity contribution in [3.8, 4) is 5.75 Å². The first-order valence-electron chi connectivity index (χ1n) is 9.71. The van der Waals surface area contributed by atoms with Gasteiger partial charge in [0.15, 0.2) is 0 Å². The molecule has 3 rings (SSSR count). The summed E-state index contributed by atoms with van der Waals surface area (Å²) in [4.78, 5) is 12.4. The second-order valence-electron chi connectivity index (χ2n) is 6.92. The van der Waals surface area contributed by atoms with E-state index in [4.69, 9.17) is 9.47 Å². The van der Waals surface area contributed by atoms with E-state index in [9.17, 15) is 13.2 Å². The van der Waals surface area contributed by atoms with Gasteiger partial charge in [-0.2, -0.15) is 0 Å². The molecule has 0 spiro atoms. The van der Waals surface area contributed by atoms with Crippen LogP contribution >= 0.6 is 0 Å². The number of sulfonamides is 1. The second-order valence-corrected chi connectivity index (χ2v) is 8.76. The maximum atomic E-state index is 12.4. The van der Waals surface area contributed by atoms with E-state index in [1.165, 1.54) is 0 Å². The van der Waals surface area contributed by atoms with Crippen molar-refractivity contribution in [1.82, 2.24) is 0 Å². The first-order chi connectivity index (χ1) is 13.9. The predicted octanol–water partition coefficient (Wildman–Crippen LogP) is 3.65. The Bertz CT molecular complexity index is 905. The third-order valence-corrected chi connectivity index (χ3v) is 5.96. The monoisotopic (exact) mass is 418 g/mol. The molecule has 1 unspecified atom stereocenters. The van der Waals surface area contributed by atoms with E-state index in [0.717, 1.165) is 19.4 Å². The molecular weight excluding hydrogens is 392 g/mol. The zero-order valence-electron chi connectivity index (χ0n) is 16.4. The molecule has 8 heteroatoms. The summed E-state index contributed by atoms with van der Waals surface area (Å²) in [5.74, 6) is 0.509. The van der Waals surface area contributed by atoms with Crippen LogP contribution in [0.4, 0.5) is 11.4 Å². The molecule has 0 aliphatic carbocycles. The number of nitrogens with one attached hydrogen (secondary N) is 2. The normalized spacial score (nSPS) is 16.4. The molecule has 1 aliphatic rings. The highest BCUT2D eigenvalue weighted by Gasteiger charge is 2.16. The number of amides is 1. The topological polar surface area (TPSA) is 93.7 Å². The maximum Gasteiger partial charge on any atom is 0.255 e. The Labute approximate surface area is 171 Å². The summed E-state index contributed by atoms with van der Waals surface area (Å²) < 4.78 is 37.3. The van der Waals surface area contributed by atoms with Crippen molar-refractivity contribution in [2.24, 2.45) is 0 Å². The molecule has 1 fully saturated rings. The minimum absolute atomic E-state index is 0.0683. The number of rotatable bonds is 9. The molecule has 0 saturated carbocycles. The Morgan fingerprint density at radius 2 is 1.79 bits per heavy atom. The van der Waals surface area contributed by atoms with Crippen molar-refractivity contribution < 1.29 is 22.7 Å². The van der Waals surface area contributed by atoms with E-state index in [-0.39, 0.29) is 17.8 Å². The van der Waals surface area contributed by atoms with E-state index in [1.54, 1.807) is 55.5 Å². The quantitative estimate of drug-likeness (QED) is 0.648. The smallest absolute Gasteiger partial charge is 0.255 e. The van der Waals surface area contributed by atoms with Gasteiger partial charge in [0.05, 0.1) is 11.9 Å². The summed E-state index contributed by atoms with van der Waals surface area (Å²) >= 11 is 0. The summed E-state index contributed by atoms with van der Waals surface area (Å²) in [6.07, 6.45) is 2.77. The highest BCUT2D eigenvalue weighted by molar-refractivity contribution is 7.92. The molecule has 1 heterocycles. The third-order valence-electron chi connectivity index (χ3n) is 4.47. The largest absolute Gasteiger partial charge is 0.491 e. The Balaban J connectivity index is 1.52. The van der Waals surface area contributed by atoms with Crippen molar-refractivity contribution in [2.75, 3.05) is 29.0 Å². The molecule has 1 saturated heterocycles. The minimum Gasteiger partial charge on any atom is -0.491 e. The average Bonchev–Trinajstić information content (AvgIpc) is 3.21. The Morgan fingerprint density at radius 1 is 1.10 bits per heavy atom. The molecule has 1 atom stereocenters. The Kier molecular flexibility index (Phi) is 7.11. The van der Waals surface area contributed by atoms with Gasteiger partial charge in [-0.3, -0.25) is 9.52 Å². The van der Waals surface area contributed by atoms with Crippen LogP contribution < -0.4 is 14.8 Å². The highest BCUT2D eigenvalue weighted by atomic mass is 32.2. The van der Waals surface area contributed by atoms with Crippen molar-refractivity contribution in [1.29, 1.82) is 0 Å². The summed E-state index contributed by atoms with van der Waals surface area (Å²) in [5, 5.41) is 2.79. The van der Waals surface area contributed by atoms with Crippen molar-refractivity contribution in [3.63, 3.8) is 0 Å². The van der Waals surface area contributed by atoms with Crippen molar-refractivity contribution >= 4 is 27.3 Å². The van der Waals surface area contributed by atoms with Crippen LogP contribution in [0.15, 0.2) is 48.5 Å². The summed E-state index contributed by atoms with van der Waals surface area (Å²) in [5.41, 5.74) is 1.54. The van der Waals surface area contributed by atoms with Crippen molar-refractivity contribution in [2.45, 2.75) is 32.3 Å². The highest BCUT2D eigenvalue weighted by Crippen LogP contribution is 2.19. The van der Waals surface area contributed by atoms with Crippen LogP contribution in [-0.2, 0) is 14.8 Å². The van der Waals surface area contributed by atoms with E-state index in [0.29, 0.717) is 35.7 Å². The van der Waals surface area contributed by atoms with Gasteiger partial charge >= 0.3 is 0 Å². The SMILES string of the molecule is CCCS(=O)(=O)Nc1ccc(NC(=O)c2ccc(OCC3CCCO3)cc2)cc1. The van der Waals surface area contributed by atoms with E-state index >= 15 is 0 Å². The van der Waals surface area contributed by atoms with Gasteiger partial charge in [-0.05, 0) is 67.8 Å². The third kappa shape index (κ3) is 6.47. The summed E-state index contributed by atoms with van der Waals surface area (Å²) in [6, 6.07) is 13.5. The zero-order valence-corrected chi connectivity index (χ0v) is 17.2. The van der Waals surface area contributed by atoms with Gasteiger partial charge < -0.3 is 14.8 Å². The number of hydrogen-bond acceptors (Lipinski definition) is 5. The molecule has 2 aromatic rings. The fourth-order valence-electron chi connectivity index (χ4n) is 2.99. The first-order valence-corrected chi connectivity index (χ1v) is 11.4. The molecule has 2 aromatic carbocycles. The molecule has 1 amide bonds. The van der Waals surface area contributed by atoms with Crippen LogP contribution in [0.2, 0.25) is 0 Å². The standard InChI is InChI=1S/C21H26N2O5S/c1-2-14-29(25,26)23-18-9-7-17(8-10-18)22-21(24)16-5-11-19(12-6-16)28-15-20-4-3-13-27-20/h5-12,20,23H,2-4,13-15H2,1H3,(H,22,24). The summed E-state index contributed by atoms with van der Waals surface area (Å²) in [7, 11) is -3.34. The summed E-state index contributed by atoms with van der Waals surface area (Å²) in [6.45, 7) is 3.11. The molecule has 156 valence electrons. The molecular formula is C21H26N2O5S. The lowest BCUT2D eigenvalue weighted by Gasteiger charge is -2.12. The fourth-order valence-corrected chi connectivity index (χ4v) is 4.13. The zero-order chi connectivity index (χ0) is 20.7. The molecule has 2 N–H and O–H groups in total. The number of carbonyl (C=O) groups is 1. The van der Waals surface area contributed by atoms with Gasteiger partial charge in [0.1, 0.15) is 12.4 Å². The van der Waals surface area contributed by atoms with Gasteiger partial charge in [0.25, 0.3) is 5.91 Å². The molecule has 29 heavy (non-hydrogen) atoms. The maximum absolute atomic E-state index is 12.4. The number of anilines is 2. The average molecular weight is 419 g/mol. The lowest BCUT2D eigenvalue weighted by Crippen LogP contribution is -2.16. The Hall–Kier alpha value is -2.58. The number of hydrogen-bond donors (Lipinski definition) is 2. The van der Waals surface area contributed by atoms with Crippen LogP contribution in [0.5, 0.6) is 5.75 Å². The van der Waals surface area contributed by atoms with Crippen LogP contribution in [0.3, 0.4) is 0 Å². The molecule has 1 aliphatic heterocycles. The number of benzene rings is 2. The molecule has 7 nitrogen and oxygen atoms in total. The van der Waals surface area contributed by atoms with Crippen LogP contribution in [0, 0.1) is 0 Å². The fraction of sp³-hybridized carbons (Fsp3) is 0.381. The number of ether oxygens (including phenoxy) is 2.